The van der Waals surface area contributed by atoms with Gasteiger partial charge in [0, 0.05) is 0 Å². The highest BCUT2D eigenvalue weighted by Gasteiger charge is 2.23. The van der Waals surface area contributed by atoms with Crippen molar-refractivity contribution in [2.24, 2.45) is 0 Å². The second-order valence-electron chi connectivity index (χ2n) is 4.94. The maximum Gasteiger partial charge on any atom is 0.340 e. The zero-order chi connectivity index (χ0) is 17.2. The Morgan fingerprint density at radius 2 is 1.78 bits per heavy atom. The summed E-state index contributed by atoms with van der Waals surface area (Å²) >= 11 is 5.95. The van der Waals surface area contributed by atoms with Crippen LogP contribution in [0.15, 0.2) is 41.3 Å². The fraction of sp³-hybridized carbons (Fsp3) is 0.188. The molecule has 0 atom stereocenters. The van der Waals surface area contributed by atoms with Gasteiger partial charge in [0.15, 0.2) is 0 Å². The fourth-order valence-corrected chi connectivity index (χ4v) is 3.38. The summed E-state index contributed by atoms with van der Waals surface area (Å²) in [4.78, 5) is 11.3. The third kappa shape index (κ3) is 3.83. The van der Waals surface area contributed by atoms with Gasteiger partial charge < -0.3 is 8.92 Å². The molecule has 0 N–H and O–H groups in total. The Balaban J connectivity index is 2.47. The van der Waals surface area contributed by atoms with E-state index in [-0.39, 0.29) is 21.2 Å². The number of esters is 1. The molecule has 2 aromatic rings. The summed E-state index contributed by atoms with van der Waals surface area (Å²) in [6.45, 7) is 3.56. The third-order valence-electron chi connectivity index (χ3n) is 3.16. The molecule has 2 rings (SSSR count). The topological polar surface area (TPSA) is 69.7 Å². The van der Waals surface area contributed by atoms with Gasteiger partial charge in [-0.15, -0.1) is 0 Å². The highest BCUT2D eigenvalue weighted by molar-refractivity contribution is 7.87. The summed E-state index contributed by atoms with van der Waals surface area (Å²) in [6, 6.07) is 9.05. The average molecular weight is 355 g/mol. The number of halogens is 1. The summed E-state index contributed by atoms with van der Waals surface area (Å²) in [6.07, 6.45) is 0. The van der Waals surface area contributed by atoms with Crippen LogP contribution in [0.1, 0.15) is 21.5 Å². The van der Waals surface area contributed by atoms with Crippen LogP contribution < -0.4 is 4.18 Å². The van der Waals surface area contributed by atoms with E-state index in [1.807, 2.05) is 13.0 Å². The molecule has 0 saturated heterocycles. The van der Waals surface area contributed by atoms with Crippen molar-refractivity contribution < 1.29 is 22.1 Å². The van der Waals surface area contributed by atoms with Crippen molar-refractivity contribution in [1.29, 1.82) is 0 Å². The van der Waals surface area contributed by atoms with E-state index < -0.39 is 16.1 Å². The number of rotatable bonds is 4. The Morgan fingerprint density at radius 1 is 1.09 bits per heavy atom. The molecule has 2 aromatic carbocycles. The summed E-state index contributed by atoms with van der Waals surface area (Å²) < 4.78 is 34.7. The van der Waals surface area contributed by atoms with E-state index in [0.717, 1.165) is 11.6 Å². The van der Waals surface area contributed by atoms with Crippen LogP contribution in [0.2, 0.25) is 5.02 Å². The highest BCUT2D eigenvalue weighted by Crippen LogP contribution is 2.28. The van der Waals surface area contributed by atoms with Crippen LogP contribution in [0.25, 0.3) is 0 Å². The van der Waals surface area contributed by atoms with Gasteiger partial charge in [0.25, 0.3) is 0 Å². The van der Waals surface area contributed by atoms with Gasteiger partial charge in [-0.05, 0) is 49.2 Å². The molecule has 0 saturated carbocycles. The average Bonchev–Trinajstić information content (AvgIpc) is 2.50. The fourth-order valence-electron chi connectivity index (χ4n) is 1.90. The normalized spacial score (nSPS) is 11.1. The van der Waals surface area contributed by atoms with Gasteiger partial charge in [-0.3, -0.25) is 0 Å². The molecule has 5 nitrogen and oxygen atoms in total. The number of carbonyl (C=O) groups is 1. The predicted molar refractivity (Wildman–Crippen MR) is 86.5 cm³/mol. The van der Waals surface area contributed by atoms with Gasteiger partial charge in [0.05, 0.1) is 17.7 Å². The minimum absolute atomic E-state index is 0.0389. The van der Waals surface area contributed by atoms with Crippen molar-refractivity contribution >= 4 is 27.7 Å². The highest BCUT2D eigenvalue weighted by atomic mass is 35.5. The molecule has 0 fully saturated rings. The van der Waals surface area contributed by atoms with E-state index in [9.17, 15) is 13.2 Å². The van der Waals surface area contributed by atoms with Crippen LogP contribution >= 0.6 is 11.6 Å². The number of carbonyl (C=O) groups excluding carboxylic acids is 1. The first-order chi connectivity index (χ1) is 10.7. The van der Waals surface area contributed by atoms with E-state index in [2.05, 4.69) is 4.74 Å². The standard InChI is InChI=1S/C16H15ClO5S/c1-10-4-5-11(2)14(8-10)22-23(19,20)15-9-12(16(18)21-3)6-7-13(15)17/h4-9H,1-3H3. The second-order valence-corrected chi connectivity index (χ2v) is 6.87. The summed E-state index contributed by atoms with van der Waals surface area (Å²) in [5, 5.41) is -0.0389. The molecule has 0 aliphatic rings. The Morgan fingerprint density at radius 3 is 2.43 bits per heavy atom. The molecule has 0 amide bonds. The number of hydrogen-bond donors (Lipinski definition) is 0. The first-order valence-corrected chi connectivity index (χ1v) is 8.43. The molecule has 0 aromatic heterocycles. The van der Waals surface area contributed by atoms with Crippen molar-refractivity contribution in [1.82, 2.24) is 0 Å². The molecule has 7 heteroatoms. The SMILES string of the molecule is COC(=O)c1ccc(Cl)c(S(=O)(=O)Oc2cc(C)ccc2C)c1. The molecular formula is C16H15ClO5S. The molecular weight excluding hydrogens is 340 g/mol. The van der Waals surface area contributed by atoms with Crippen molar-refractivity contribution in [3.8, 4) is 5.75 Å². The smallest absolute Gasteiger partial charge is 0.340 e. The summed E-state index contributed by atoms with van der Waals surface area (Å²) in [5.74, 6) is -0.450. The number of benzene rings is 2. The zero-order valence-corrected chi connectivity index (χ0v) is 14.4. The number of methoxy groups -OCH3 is 1. The molecule has 0 bridgehead atoms. The second kappa shape index (κ2) is 6.60. The quantitative estimate of drug-likeness (QED) is 0.620. The summed E-state index contributed by atoms with van der Waals surface area (Å²) in [7, 11) is -2.98. The maximum absolute atomic E-state index is 12.5. The molecule has 0 heterocycles. The third-order valence-corrected chi connectivity index (χ3v) is 4.88. The van der Waals surface area contributed by atoms with Crippen molar-refractivity contribution in [2.45, 2.75) is 18.7 Å². The molecule has 23 heavy (non-hydrogen) atoms. The molecule has 0 spiro atoms. The van der Waals surface area contributed by atoms with Crippen molar-refractivity contribution in [3.05, 3.63) is 58.1 Å². The van der Waals surface area contributed by atoms with Gasteiger partial charge >= 0.3 is 16.1 Å². The van der Waals surface area contributed by atoms with Gasteiger partial charge in [0.2, 0.25) is 0 Å². The van der Waals surface area contributed by atoms with Crippen LogP contribution in [-0.4, -0.2) is 21.5 Å². The van der Waals surface area contributed by atoms with Gasteiger partial charge in [-0.25, -0.2) is 4.79 Å². The number of hydrogen-bond acceptors (Lipinski definition) is 5. The van der Waals surface area contributed by atoms with Crippen LogP contribution in [0.5, 0.6) is 5.75 Å². The first-order valence-electron chi connectivity index (χ1n) is 6.64. The maximum atomic E-state index is 12.5. The lowest BCUT2D eigenvalue weighted by atomic mass is 10.1. The molecule has 0 radical (unpaired) electrons. The zero-order valence-electron chi connectivity index (χ0n) is 12.8. The lowest BCUT2D eigenvalue weighted by Crippen LogP contribution is -2.13. The largest absolute Gasteiger partial charge is 0.465 e. The minimum Gasteiger partial charge on any atom is -0.465 e. The van der Waals surface area contributed by atoms with Gasteiger partial charge in [-0.2, -0.15) is 8.42 Å². The van der Waals surface area contributed by atoms with Crippen LogP contribution in [-0.2, 0) is 14.9 Å². The Kier molecular flexibility index (Phi) is 4.97. The first kappa shape index (κ1) is 17.3. The van der Waals surface area contributed by atoms with Crippen LogP contribution in [0.4, 0.5) is 0 Å². The van der Waals surface area contributed by atoms with Gasteiger partial charge in [0.1, 0.15) is 10.6 Å². The predicted octanol–water partition coefficient (Wildman–Crippen LogP) is 3.51. The van der Waals surface area contributed by atoms with Gasteiger partial charge in [-0.1, -0.05) is 23.7 Å². The Hall–Kier alpha value is -2.05. The lowest BCUT2D eigenvalue weighted by Gasteiger charge is -2.12. The minimum atomic E-state index is -4.19. The number of aryl methyl sites for hydroxylation is 2. The molecule has 0 aliphatic carbocycles. The van der Waals surface area contributed by atoms with E-state index in [1.54, 1.807) is 19.1 Å². The summed E-state index contributed by atoms with van der Waals surface area (Å²) in [5.41, 5.74) is 1.59. The van der Waals surface area contributed by atoms with E-state index >= 15 is 0 Å². The molecule has 0 aliphatic heterocycles. The van der Waals surface area contributed by atoms with Crippen molar-refractivity contribution in [3.63, 3.8) is 0 Å². The van der Waals surface area contributed by atoms with E-state index in [0.29, 0.717) is 5.56 Å². The lowest BCUT2D eigenvalue weighted by molar-refractivity contribution is 0.0600. The monoisotopic (exact) mass is 354 g/mol. The Labute approximate surface area is 139 Å². The molecule has 122 valence electrons. The van der Waals surface area contributed by atoms with Crippen LogP contribution in [0, 0.1) is 13.8 Å². The van der Waals surface area contributed by atoms with Crippen molar-refractivity contribution in [2.75, 3.05) is 7.11 Å². The van der Waals surface area contributed by atoms with E-state index in [1.165, 1.54) is 19.2 Å². The number of ether oxygens (including phenoxy) is 1. The Bertz CT molecular complexity index is 859. The van der Waals surface area contributed by atoms with Crippen LogP contribution in [0.3, 0.4) is 0 Å². The molecule has 0 unspecified atom stereocenters. The van der Waals surface area contributed by atoms with E-state index in [4.69, 9.17) is 15.8 Å².